The van der Waals surface area contributed by atoms with Crippen LogP contribution in [0.2, 0.25) is 0 Å². The highest BCUT2D eigenvalue weighted by atomic mass is 19.4. The topological polar surface area (TPSA) is 77.6 Å². The van der Waals surface area contributed by atoms with Crippen molar-refractivity contribution in [3.05, 3.63) is 53.9 Å². The van der Waals surface area contributed by atoms with Crippen LogP contribution in [0.5, 0.6) is 0 Å². The number of hydrogen-bond acceptors (Lipinski definition) is 5. The van der Waals surface area contributed by atoms with E-state index in [4.69, 9.17) is 5.73 Å². The SMILES string of the molecule is Nc1nnc(-c2cc(C3CC3)nc(C(F)(F)F)c2)c(-c2ccccc2)n1. The van der Waals surface area contributed by atoms with Gasteiger partial charge >= 0.3 is 6.18 Å². The zero-order valence-corrected chi connectivity index (χ0v) is 13.5. The fourth-order valence-electron chi connectivity index (χ4n) is 2.75. The average Bonchev–Trinajstić information content (AvgIpc) is 3.46. The Balaban J connectivity index is 1.92. The molecule has 2 heterocycles. The third-order valence-electron chi connectivity index (χ3n) is 4.15. The minimum absolute atomic E-state index is 0.0416. The maximum atomic E-state index is 13.3. The van der Waals surface area contributed by atoms with Crippen LogP contribution in [0.15, 0.2) is 42.5 Å². The molecule has 5 nitrogen and oxygen atoms in total. The minimum Gasteiger partial charge on any atom is -0.366 e. The third kappa shape index (κ3) is 3.22. The molecule has 0 spiro atoms. The van der Waals surface area contributed by atoms with Crippen LogP contribution < -0.4 is 5.73 Å². The van der Waals surface area contributed by atoms with Crippen LogP contribution in [-0.2, 0) is 6.18 Å². The van der Waals surface area contributed by atoms with Crippen molar-refractivity contribution in [1.82, 2.24) is 20.2 Å². The Morgan fingerprint density at radius 2 is 1.62 bits per heavy atom. The number of anilines is 1. The summed E-state index contributed by atoms with van der Waals surface area (Å²) < 4.78 is 39.9. The highest BCUT2D eigenvalue weighted by molar-refractivity contribution is 5.78. The maximum absolute atomic E-state index is 13.3. The van der Waals surface area contributed by atoms with Gasteiger partial charge in [0.25, 0.3) is 0 Å². The van der Waals surface area contributed by atoms with Crippen molar-refractivity contribution in [3.8, 4) is 22.5 Å². The molecule has 3 aromatic rings. The van der Waals surface area contributed by atoms with Crippen LogP contribution in [0, 0.1) is 0 Å². The van der Waals surface area contributed by atoms with Crippen molar-refractivity contribution in [2.45, 2.75) is 24.9 Å². The number of aromatic nitrogens is 4. The Bertz CT molecular complexity index is 953. The lowest BCUT2D eigenvalue weighted by atomic mass is 10.0. The van der Waals surface area contributed by atoms with Crippen molar-refractivity contribution < 1.29 is 13.2 Å². The fraction of sp³-hybridized carbons (Fsp3) is 0.222. The summed E-state index contributed by atoms with van der Waals surface area (Å²) in [6, 6.07) is 11.7. The zero-order chi connectivity index (χ0) is 18.3. The molecule has 0 aliphatic heterocycles. The van der Waals surface area contributed by atoms with Crippen molar-refractivity contribution in [2.24, 2.45) is 0 Å². The molecule has 132 valence electrons. The van der Waals surface area contributed by atoms with E-state index in [1.165, 1.54) is 0 Å². The van der Waals surface area contributed by atoms with E-state index in [0.717, 1.165) is 18.9 Å². The van der Waals surface area contributed by atoms with Gasteiger partial charge in [0.1, 0.15) is 17.1 Å². The quantitative estimate of drug-likeness (QED) is 0.764. The third-order valence-corrected chi connectivity index (χ3v) is 4.15. The average molecular weight is 357 g/mol. The number of nitrogens with two attached hydrogens (primary N) is 1. The smallest absolute Gasteiger partial charge is 0.366 e. The van der Waals surface area contributed by atoms with Gasteiger partial charge in [0.15, 0.2) is 0 Å². The number of alkyl halides is 3. The van der Waals surface area contributed by atoms with E-state index in [-0.39, 0.29) is 23.1 Å². The van der Waals surface area contributed by atoms with E-state index >= 15 is 0 Å². The molecule has 2 N–H and O–H groups in total. The highest BCUT2D eigenvalue weighted by Crippen LogP contribution is 2.42. The summed E-state index contributed by atoms with van der Waals surface area (Å²) in [6.07, 6.45) is -2.86. The molecule has 1 aromatic carbocycles. The lowest BCUT2D eigenvalue weighted by Crippen LogP contribution is -2.10. The summed E-state index contributed by atoms with van der Waals surface area (Å²) >= 11 is 0. The second kappa shape index (κ2) is 6.05. The molecular weight excluding hydrogens is 343 g/mol. The van der Waals surface area contributed by atoms with E-state index in [9.17, 15) is 13.2 Å². The molecule has 8 heteroatoms. The number of hydrogen-bond donors (Lipinski definition) is 1. The number of nitrogens with zero attached hydrogens (tertiary/aromatic N) is 4. The normalized spacial score (nSPS) is 14.4. The van der Waals surface area contributed by atoms with Crippen LogP contribution in [-0.4, -0.2) is 20.2 Å². The maximum Gasteiger partial charge on any atom is 0.433 e. The second-order valence-corrected chi connectivity index (χ2v) is 6.17. The standard InChI is InChI=1S/C18H14F3N5/c19-18(20,21)14-9-12(8-13(23-14)10-6-7-10)16-15(24-17(22)26-25-16)11-4-2-1-3-5-11/h1-5,8-10H,6-7H2,(H2,22,24,26). The van der Waals surface area contributed by atoms with Gasteiger partial charge in [-0.05, 0) is 25.0 Å². The second-order valence-electron chi connectivity index (χ2n) is 6.17. The van der Waals surface area contributed by atoms with E-state index in [1.54, 1.807) is 30.3 Å². The summed E-state index contributed by atoms with van der Waals surface area (Å²) in [5.41, 5.74) is 6.76. The molecule has 4 rings (SSSR count). The molecule has 1 saturated carbocycles. The molecule has 26 heavy (non-hydrogen) atoms. The molecule has 2 aromatic heterocycles. The molecule has 1 fully saturated rings. The Morgan fingerprint density at radius 3 is 2.27 bits per heavy atom. The van der Waals surface area contributed by atoms with Gasteiger partial charge in [0, 0.05) is 22.7 Å². The van der Waals surface area contributed by atoms with Crippen molar-refractivity contribution in [1.29, 1.82) is 0 Å². The lowest BCUT2D eigenvalue weighted by molar-refractivity contribution is -0.141. The Hall–Kier alpha value is -3.03. The molecule has 0 saturated heterocycles. The minimum atomic E-state index is -4.54. The lowest BCUT2D eigenvalue weighted by Gasteiger charge is -2.13. The van der Waals surface area contributed by atoms with Gasteiger partial charge in [-0.3, -0.25) is 0 Å². The first-order chi connectivity index (χ1) is 12.4. The van der Waals surface area contributed by atoms with E-state index in [1.807, 2.05) is 6.07 Å². The monoisotopic (exact) mass is 357 g/mol. The molecular formula is C18H14F3N5. The Kier molecular flexibility index (Phi) is 3.82. The van der Waals surface area contributed by atoms with Gasteiger partial charge in [-0.1, -0.05) is 30.3 Å². The number of benzene rings is 1. The molecule has 1 aliphatic carbocycles. The number of pyridine rings is 1. The van der Waals surface area contributed by atoms with E-state index < -0.39 is 11.9 Å². The molecule has 1 aliphatic rings. The van der Waals surface area contributed by atoms with Crippen LogP contribution in [0.4, 0.5) is 19.1 Å². The first-order valence-corrected chi connectivity index (χ1v) is 8.07. The van der Waals surface area contributed by atoms with Gasteiger partial charge < -0.3 is 5.73 Å². The predicted molar refractivity (Wildman–Crippen MR) is 89.9 cm³/mol. The largest absolute Gasteiger partial charge is 0.433 e. The fourth-order valence-corrected chi connectivity index (χ4v) is 2.75. The molecule has 0 atom stereocenters. The van der Waals surface area contributed by atoms with E-state index in [0.29, 0.717) is 17.0 Å². The predicted octanol–water partition coefficient (Wildman–Crippen LogP) is 4.08. The first kappa shape index (κ1) is 16.4. The van der Waals surface area contributed by atoms with Crippen LogP contribution >= 0.6 is 0 Å². The molecule has 0 amide bonds. The Labute approximate surface area is 147 Å². The number of halogens is 3. The van der Waals surface area contributed by atoms with Crippen LogP contribution in [0.25, 0.3) is 22.5 Å². The van der Waals surface area contributed by atoms with Crippen molar-refractivity contribution in [2.75, 3.05) is 5.73 Å². The molecule has 0 radical (unpaired) electrons. The Morgan fingerprint density at radius 1 is 0.885 bits per heavy atom. The van der Waals surface area contributed by atoms with E-state index in [2.05, 4.69) is 20.2 Å². The van der Waals surface area contributed by atoms with Gasteiger partial charge in [-0.25, -0.2) is 9.97 Å². The summed E-state index contributed by atoms with van der Waals surface area (Å²) in [5, 5.41) is 7.77. The summed E-state index contributed by atoms with van der Waals surface area (Å²) in [6.45, 7) is 0. The van der Waals surface area contributed by atoms with Gasteiger partial charge in [-0.15, -0.1) is 10.2 Å². The summed E-state index contributed by atoms with van der Waals surface area (Å²) in [7, 11) is 0. The first-order valence-electron chi connectivity index (χ1n) is 8.07. The van der Waals surface area contributed by atoms with Crippen LogP contribution in [0.3, 0.4) is 0 Å². The van der Waals surface area contributed by atoms with Crippen molar-refractivity contribution in [3.63, 3.8) is 0 Å². The van der Waals surface area contributed by atoms with Crippen molar-refractivity contribution >= 4 is 5.95 Å². The number of rotatable bonds is 3. The van der Waals surface area contributed by atoms with Crippen LogP contribution in [0.1, 0.15) is 30.1 Å². The van der Waals surface area contributed by atoms with Gasteiger partial charge in [0.05, 0.1) is 0 Å². The number of nitrogen functional groups attached to an aromatic ring is 1. The molecule has 0 unspecified atom stereocenters. The summed E-state index contributed by atoms with van der Waals surface area (Å²) in [5.74, 6) is 0.0195. The summed E-state index contributed by atoms with van der Waals surface area (Å²) in [4.78, 5) is 8.00. The zero-order valence-electron chi connectivity index (χ0n) is 13.5. The van der Waals surface area contributed by atoms with Gasteiger partial charge in [0.2, 0.25) is 5.95 Å². The molecule has 0 bridgehead atoms. The highest BCUT2D eigenvalue weighted by Gasteiger charge is 2.36. The van der Waals surface area contributed by atoms with Gasteiger partial charge in [-0.2, -0.15) is 13.2 Å².